The number of nitrogens with zero attached hydrogens (tertiary/aromatic N) is 2. The van der Waals surface area contributed by atoms with Crippen LogP contribution in [0.1, 0.15) is 23.0 Å². The number of aromatic nitrogens is 1. The zero-order chi connectivity index (χ0) is 21.2. The van der Waals surface area contributed by atoms with Crippen molar-refractivity contribution in [2.24, 2.45) is 4.99 Å². The molecule has 0 fully saturated rings. The van der Waals surface area contributed by atoms with Crippen LogP contribution in [-0.2, 0) is 6.54 Å². The van der Waals surface area contributed by atoms with Crippen LogP contribution in [0.15, 0.2) is 94.5 Å². The zero-order valence-electron chi connectivity index (χ0n) is 17.0. The summed E-state index contributed by atoms with van der Waals surface area (Å²) < 4.78 is 12.7. The minimum Gasteiger partial charge on any atom is -0.457 e. The van der Waals surface area contributed by atoms with E-state index in [0.717, 1.165) is 17.8 Å². The lowest BCUT2D eigenvalue weighted by Gasteiger charge is -2.03. The summed E-state index contributed by atoms with van der Waals surface area (Å²) in [4.78, 5) is 16.6. The van der Waals surface area contributed by atoms with Crippen LogP contribution in [0.5, 0.6) is 5.75 Å². The number of aliphatic imine (C=N–C) groups is 1. The van der Waals surface area contributed by atoms with Crippen LogP contribution in [0.4, 0.5) is 5.69 Å². The summed E-state index contributed by atoms with van der Waals surface area (Å²) in [6.07, 6.45) is 3.24. The van der Waals surface area contributed by atoms with Crippen LogP contribution in [0, 0.1) is 0 Å². The normalized spacial score (nSPS) is 11.5. The number of fused-ring (bicyclic) bond motifs is 3. The Labute approximate surface area is 179 Å². The minimum absolute atomic E-state index is 0.172. The van der Waals surface area contributed by atoms with Gasteiger partial charge in [-0.25, -0.2) is 4.79 Å². The van der Waals surface area contributed by atoms with Crippen molar-refractivity contribution in [1.29, 1.82) is 0 Å². The van der Waals surface area contributed by atoms with Crippen LogP contribution in [0.3, 0.4) is 0 Å². The highest BCUT2D eigenvalue weighted by Crippen LogP contribution is 2.31. The van der Waals surface area contributed by atoms with E-state index in [2.05, 4.69) is 52.9 Å². The molecular formula is C26H20N2O3. The molecule has 3 aromatic carbocycles. The Hall–Kier alpha value is -4.12. The molecule has 0 aliphatic rings. The first-order chi connectivity index (χ1) is 15.2. The lowest BCUT2D eigenvalue weighted by Crippen LogP contribution is -2.06. The fourth-order valence-corrected chi connectivity index (χ4v) is 3.79. The molecule has 0 N–H and O–H groups in total. The van der Waals surface area contributed by atoms with Crippen LogP contribution in [0.25, 0.3) is 21.8 Å². The zero-order valence-corrected chi connectivity index (χ0v) is 17.0. The number of carbonyl (C=O) groups excluding carboxylic acids is 1. The lowest BCUT2D eigenvalue weighted by atomic mass is 10.1. The number of para-hydroxylation sites is 1. The van der Waals surface area contributed by atoms with E-state index in [-0.39, 0.29) is 5.76 Å². The fourth-order valence-electron chi connectivity index (χ4n) is 3.79. The maximum atomic E-state index is 12.0. The predicted octanol–water partition coefficient (Wildman–Crippen LogP) is 6.38. The number of carbonyl (C=O) groups is 1. The molecule has 0 atom stereocenters. The number of hydrogen-bond donors (Lipinski definition) is 0. The molecule has 0 saturated carbocycles. The molecule has 5 heteroatoms. The summed E-state index contributed by atoms with van der Waals surface area (Å²) in [6, 6.07) is 25.1. The third-order valence-corrected chi connectivity index (χ3v) is 5.25. The Kier molecular flexibility index (Phi) is 4.84. The van der Waals surface area contributed by atoms with Gasteiger partial charge < -0.3 is 13.7 Å². The number of rotatable bonds is 5. The van der Waals surface area contributed by atoms with Crippen LogP contribution in [-0.4, -0.2) is 16.8 Å². The number of aryl methyl sites for hydroxylation is 1. The van der Waals surface area contributed by atoms with E-state index in [1.165, 1.54) is 28.1 Å². The van der Waals surface area contributed by atoms with E-state index >= 15 is 0 Å². The maximum absolute atomic E-state index is 12.0. The molecule has 0 unspecified atom stereocenters. The monoisotopic (exact) mass is 408 g/mol. The first-order valence-electron chi connectivity index (χ1n) is 10.1. The Morgan fingerprint density at radius 3 is 2.55 bits per heavy atom. The van der Waals surface area contributed by atoms with E-state index < -0.39 is 5.97 Å². The molecule has 31 heavy (non-hydrogen) atoms. The van der Waals surface area contributed by atoms with Gasteiger partial charge in [0.15, 0.2) is 0 Å². The molecule has 2 aromatic heterocycles. The maximum Gasteiger partial charge on any atom is 0.379 e. The van der Waals surface area contributed by atoms with E-state index in [1.807, 2.05) is 18.2 Å². The van der Waals surface area contributed by atoms with Crippen molar-refractivity contribution >= 4 is 39.7 Å². The smallest absolute Gasteiger partial charge is 0.379 e. The third-order valence-electron chi connectivity index (χ3n) is 5.25. The molecule has 0 aliphatic heterocycles. The van der Waals surface area contributed by atoms with E-state index in [4.69, 9.17) is 9.15 Å². The average Bonchev–Trinajstić information content (AvgIpc) is 3.45. The molecule has 5 nitrogen and oxygen atoms in total. The highest BCUT2D eigenvalue weighted by atomic mass is 16.5. The van der Waals surface area contributed by atoms with Crippen molar-refractivity contribution in [3.8, 4) is 5.75 Å². The molecule has 152 valence electrons. The Bertz CT molecular complexity index is 1390. The van der Waals surface area contributed by atoms with Crippen molar-refractivity contribution in [2.75, 3.05) is 0 Å². The summed E-state index contributed by atoms with van der Waals surface area (Å²) in [5.41, 5.74) is 4.25. The van der Waals surface area contributed by atoms with Gasteiger partial charge in [-0.15, -0.1) is 0 Å². The van der Waals surface area contributed by atoms with Gasteiger partial charge in [0.25, 0.3) is 0 Å². The Morgan fingerprint density at radius 1 is 0.968 bits per heavy atom. The summed E-state index contributed by atoms with van der Waals surface area (Å²) >= 11 is 0. The number of esters is 1. The van der Waals surface area contributed by atoms with Gasteiger partial charge in [0.05, 0.1) is 12.0 Å². The third kappa shape index (κ3) is 3.62. The standard InChI is InChI=1S/C26H20N2O3/c1-2-28-23-7-4-3-6-21(23)22-16-19(11-14-24(22)28)27-17-18-9-12-20(13-10-18)31-26(29)25-8-5-15-30-25/h3-17H,2H2,1H3. The molecule has 2 heterocycles. The molecular weight excluding hydrogens is 388 g/mol. The first-order valence-corrected chi connectivity index (χ1v) is 10.1. The Morgan fingerprint density at radius 2 is 1.77 bits per heavy atom. The van der Waals surface area contributed by atoms with Gasteiger partial charge in [0, 0.05) is 34.6 Å². The first kappa shape index (κ1) is 18.9. The summed E-state index contributed by atoms with van der Waals surface area (Å²) in [6.45, 7) is 3.08. The van der Waals surface area contributed by atoms with Gasteiger partial charge >= 0.3 is 5.97 Å². The fraction of sp³-hybridized carbons (Fsp3) is 0.0769. The molecule has 0 radical (unpaired) electrons. The second kappa shape index (κ2) is 7.95. The lowest BCUT2D eigenvalue weighted by molar-refractivity contribution is 0.0701. The van der Waals surface area contributed by atoms with Crippen LogP contribution in [0.2, 0.25) is 0 Å². The van der Waals surface area contributed by atoms with Gasteiger partial charge in [-0.2, -0.15) is 0 Å². The SMILES string of the molecule is CCn1c2ccccc2c2cc(N=Cc3ccc(OC(=O)c4ccco4)cc3)ccc21. The highest BCUT2D eigenvalue weighted by Gasteiger charge is 2.11. The summed E-state index contributed by atoms with van der Waals surface area (Å²) in [5.74, 6) is 0.101. The highest BCUT2D eigenvalue weighted by molar-refractivity contribution is 6.09. The van der Waals surface area contributed by atoms with Gasteiger partial charge in [0.1, 0.15) is 5.75 Å². The van der Waals surface area contributed by atoms with Crippen LogP contribution >= 0.6 is 0 Å². The van der Waals surface area contributed by atoms with Gasteiger partial charge in [-0.1, -0.05) is 18.2 Å². The van der Waals surface area contributed by atoms with E-state index in [1.54, 1.807) is 30.5 Å². The molecule has 0 aliphatic carbocycles. The van der Waals surface area contributed by atoms with Gasteiger partial charge in [-0.3, -0.25) is 4.99 Å². The number of benzene rings is 3. The van der Waals surface area contributed by atoms with Crippen molar-refractivity contribution in [3.63, 3.8) is 0 Å². The largest absolute Gasteiger partial charge is 0.457 e. The van der Waals surface area contributed by atoms with Crippen molar-refractivity contribution in [2.45, 2.75) is 13.5 Å². The average molecular weight is 408 g/mol. The quantitative estimate of drug-likeness (QED) is 0.193. The van der Waals surface area contributed by atoms with Crippen molar-refractivity contribution in [1.82, 2.24) is 4.57 Å². The second-order valence-electron chi connectivity index (χ2n) is 7.16. The van der Waals surface area contributed by atoms with Gasteiger partial charge in [0.2, 0.25) is 5.76 Å². The molecule has 5 rings (SSSR count). The topological polar surface area (TPSA) is 56.7 Å². The molecule has 0 amide bonds. The Balaban J connectivity index is 1.37. The van der Waals surface area contributed by atoms with Crippen molar-refractivity contribution < 1.29 is 13.9 Å². The molecule has 0 saturated heterocycles. The summed E-state index contributed by atoms with van der Waals surface area (Å²) in [7, 11) is 0. The van der Waals surface area contributed by atoms with Crippen molar-refractivity contribution in [3.05, 3.63) is 96.4 Å². The van der Waals surface area contributed by atoms with Crippen LogP contribution < -0.4 is 4.74 Å². The van der Waals surface area contributed by atoms with Gasteiger partial charge in [-0.05, 0) is 73.2 Å². The number of ether oxygens (including phenoxy) is 1. The number of furan rings is 1. The van der Waals surface area contributed by atoms with E-state index in [0.29, 0.717) is 5.75 Å². The molecule has 0 bridgehead atoms. The second-order valence-corrected chi connectivity index (χ2v) is 7.16. The van der Waals surface area contributed by atoms with E-state index in [9.17, 15) is 4.79 Å². The number of hydrogen-bond acceptors (Lipinski definition) is 4. The predicted molar refractivity (Wildman–Crippen MR) is 122 cm³/mol. The molecule has 5 aromatic rings. The summed E-state index contributed by atoms with van der Waals surface area (Å²) in [5, 5.41) is 2.44. The molecule has 0 spiro atoms. The minimum atomic E-state index is -0.522.